The Morgan fingerprint density at radius 1 is 1.69 bits per heavy atom. The van der Waals surface area contributed by atoms with Crippen molar-refractivity contribution >= 4 is 28.0 Å². The second-order valence-electron chi connectivity index (χ2n) is 2.30. The van der Waals surface area contributed by atoms with E-state index in [1.165, 1.54) is 6.20 Å². The Morgan fingerprint density at radius 3 is 3.08 bits per heavy atom. The van der Waals surface area contributed by atoms with E-state index in [1.54, 1.807) is 18.2 Å². The summed E-state index contributed by atoms with van der Waals surface area (Å²) in [6.45, 7) is 0. The van der Waals surface area contributed by atoms with Crippen molar-refractivity contribution in [1.29, 1.82) is 0 Å². The molecule has 0 aliphatic rings. The van der Waals surface area contributed by atoms with Gasteiger partial charge in [-0.1, -0.05) is 34.1 Å². The minimum absolute atomic E-state index is 0.0831. The average Bonchev–Trinajstić information content (AvgIpc) is 2.15. The number of carboxylic acid groups (broad SMARTS) is 1. The second kappa shape index (κ2) is 4.77. The van der Waals surface area contributed by atoms with E-state index < -0.39 is 5.97 Å². The van der Waals surface area contributed by atoms with E-state index in [4.69, 9.17) is 5.11 Å². The first-order valence-corrected chi connectivity index (χ1v) is 4.78. The van der Waals surface area contributed by atoms with E-state index in [-0.39, 0.29) is 5.69 Å². The van der Waals surface area contributed by atoms with E-state index >= 15 is 0 Å². The predicted octanol–water partition coefficient (Wildman–Crippen LogP) is 2.19. The van der Waals surface area contributed by atoms with Crippen molar-refractivity contribution in [2.24, 2.45) is 0 Å². The van der Waals surface area contributed by atoms with Gasteiger partial charge in [0.15, 0.2) is 5.69 Å². The fourth-order valence-electron chi connectivity index (χ4n) is 0.902. The highest BCUT2D eigenvalue weighted by Gasteiger charge is 2.07. The monoisotopic (exact) mass is 241 g/mol. The summed E-state index contributed by atoms with van der Waals surface area (Å²) in [5.41, 5.74) is 0.703. The molecule has 0 spiro atoms. The van der Waals surface area contributed by atoms with Crippen LogP contribution in [0.1, 0.15) is 16.1 Å². The molecule has 1 rings (SSSR count). The Morgan fingerprint density at radius 2 is 2.46 bits per heavy atom. The zero-order valence-corrected chi connectivity index (χ0v) is 8.36. The predicted molar refractivity (Wildman–Crippen MR) is 54.0 cm³/mol. The number of nitrogens with zero attached hydrogens (tertiary/aromatic N) is 1. The maximum Gasteiger partial charge on any atom is 0.355 e. The van der Waals surface area contributed by atoms with Crippen molar-refractivity contribution in [2.75, 3.05) is 5.33 Å². The summed E-state index contributed by atoms with van der Waals surface area (Å²) in [6.07, 6.45) is 5.02. The third kappa shape index (κ3) is 2.66. The number of alkyl halides is 1. The number of allylic oxidation sites excluding steroid dienone is 1. The summed E-state index contributed by atoms with van der Waals surface area (Å²) in [4.78, 5) is 14.4. The summed E-state index contributed by atoms with van der Waals surface area (Å²) in [6, 6.07) is 3.43. The van der Waals surface area contributed by atoms with Gasteiger partial charge in [-0.15, -0.1) is 0 Å². The average molecular weight is 242 g/mol. The first-order valence-electron chi connectivity index (χ1n) is 3.66. The molecule has 0 unspecified atom stereocenters. The van der Waals surface area contributed by atoms with Crippen LogP contribution < -0.4 is 0 Å². The summed E-state index contributed by atoms with van der Waals surface area (Å²) < 4.78 is 0. The number of carbonyl (C=O) groups is 1. The molecular weight excluding hydrogens is 234 g/mol. The maximum atomic E-state index is 10.7. The first kappa shape index (κ1) is 9.92. The van der Waals surface area contributed by atoms with Crippen LogP contribution in [0.25, 0.3) is 6.08 Å². The van der Waals surface area contributed by atoms with Crippen molar-refractivity contribution in [1.82, 2.24) is 4.98 Å². The van der Waals surface area contributed by atoms with Gasteiger partial charge in [-0.25, -0.2) is 9.78 Å². The molecule has 0 saturated heterocycles. The number of hydrogen-bond acceptors (Lipinski definition) is 2. The molecule has 0 atom stereocenters. The van der Waals surface area contributed by atoms with Crippen molar-refractivity contribution in [3.05, 3.63) is 35.7 Å². The van der Waals surface area contributed by atoms with Crippen LogP contribution in [0.3, 0.4) is 0 Å². The minimum Gasteiger partial charge on any atom is -0.476 e. The largest absolute Gasteiger partial charge is 0.476 e. The molecule has 1 N–H and O–H groups in total. The normalized spacial score (nSPS) is 10.5. The Hall–Kier alpha value is -1.16. The van der Waals surface area contributed by atoms with E-state index in [1.807, 2.05) is 6.08 Å². The van der Waals surface area contributed by atoms with Gasteiger partial charge in [-0.3, -0.25) is 0 Å². The van der Waals surface area contributed by atoms with E-state index in [0.29, 0.717) is 10.9 Å². The van der Waals surface area contributed by atoms with E-state index in [9.17, 15) is 4.79 Å². The van der Waals surface area contributed by atoms with Gasteiger partial charge in [0.25, 0.3) is 0 Å². The topological polar surface area (TPSA) is 50.2 Å². The molecular formula is C9H8BrNO2. The van der Waals surface area contributed by atoms with Crippen molar-refractivity contribution in [3.63, 3.8) is 0 Å². The molecule has 0 aliphatic heterocycles. The molecule has 0 fully saturated rings. The number of carboxylic acids is 1. The lowest BCUT2D eigenvalue weighted by atomic mass is 10.2. The summed E-state index contributed by atoms with van der Waals surface area (Å²) >= 11 is 3.21. The van der Waals surface area contributed by atoms with Gasteiger partial charge in [-0.05, 0) is 6.07 Å². The summed E-state index contributed by atoms with van der Waals surface area (Å²) in [7, 11) is 0. The van der Waals surface area contributed by atoms with Gasteiger partial charge in [0.2, 0.25) is 0 Å². The smallest absolute Gasteiger partial charge is 0.355 e. The molecule has 4 heteroatoms. The Kier molecular flexibility index (Phi) is 3.64. The number of rotatable bonds is 3. The van der Waals surface area contributed by atoms with Crippen molar-refractivity contribution < 1.29 is 9.90 Å². The molecule has 0 bridgehead atoms. The third-order valence-electron chi connectivity index (χ3n) is 1.43. The van der Waals surface area contributed by atoms with Gasteiger partial charge in [0, 0.05) is 17.1 Å². The molecule has 1 aromatic rings. The van der Waals surface area contributed by atoms with Crippen molar-refractivity contribution in [3.8, 4) is 0 Å². The Balaban J connectivity index is 3.05. The first-order chi connectivity index (χ1) is 6.25. The lowest BCUT2D eigenvalue weighted by Gasteiger charge is -1.97. The van der Waals surface area contributed by atoms with Crippen LogP contribution in [-0.2, 0) is 0 Å². The molecule has 3 nitrogen and oxygen atoms in total. The van der Waals surface area contributed by atoms with E-state index in [2.05, 4.69) is 20.9 Å². The molecule has 0 radical (unpaired) electrons. The number of hydrogen-bond donors (Lipinski definition) is 1. The lowest BCUT2D eigenvalue weighted by Crippen LogP contribution is -2.02. The molecule has 0 aliphatic carbocycles. The standard InChI is InChI=1S/C9H8BrNO2/c10-5-1-3-7-4-2-6-11-8(7)9(12)13/h1-4,6H,5H2,(H,12,13). The minimum atomic E-state index is -1.00. The van der Waals surface area contributed by atoms with Crippen LogP contribution in [0.5, 0.6) is 0 Å². The molecule has 0 aromatic carbocycles. The highest BCUT2D eigenvalue weighted by molar-refractivity contribution is 9.09. The lowest BCUT2D eigenvalue weighted by molar-refractivity contribution is 0.0690. The highest BCUT2D eigenvalue weighted by atomic mass is 79.9. The number of aromatic nitrogens is 1. The van der Waals surface area contributed by atoms with Crippen LogP contribution in [0.4, 0.5) is 0 Å². The van der Waals surface area contributed by atoms with Gasteiger partial charge in [0.05, 0.1) is 0 Å². The van der Waals surface area contributed by atoms with E-state index in [0.717, 1.165) is 0 Å². The number of aromatic carboxylic acids is 1. The molecule has 0 saturated carbocycles. The Labute approximate surface area is 84.2 Å². The fraction of sp³-hybridized carbons (Fsp3) is 0.111. The number of pyridine rings is 1. The van der Waals surface area contributed by atoms with Gasteiger partial charge in [0.1, 0.15) is 0 Å². The van der Waals surface area contributed by atoms with Gasteiger partial charge >= 0.3 is 5.97 Å². The maximum absolute atomic E-state index is 10.7. The molecule has 1 heterocycles. The molecule has 13 heavy (non-hydrogen) atoms. The Bertz CT molecular complexity index is 336. The van der Waals surface area contributed by atoms with Gasteiger partial charge in [-0.2, -0.15) is 0 Å². The van der Waals surface area contributed by atoms with Crippen LogP contribution in [0, 0.1) is 0 Å². The number of halogens is 1. The van der Waals surface area contributed by atoms with Crippen molar-refractivity contribution in [2.45, 2.75) is 0 Å². The van der Waals surface area contributed by atoms with Crippen LogP contribution in [0.2, 0.25) is 0 Å². The fourth-order valence-corrected chi connectivity index (χ4v) is 1.09. The van der Waals surface area contributed by atoms with Crippen LogP contribution in [-0.4, -0.2) is 21.4 Å². The zero-order chi connectivity index (χ0) is 9.68. The van der Waals surface area contributed by atoms with Crippen LogP contribution >= 0.6 is 15.9 Å². The van der Waals surface area contributed by atoms with Crippen LogP contribution in [0.15, 0.2) is 24.4 Å². The second-order valence-corrected chi connectivity index (χ2v) is 2.95. The third-order valence-corrected chi connectivity index (χ3v) is 1.80. The van der Waals surface area contributed by atoms with Gasteiger partial charge < -0.3 is 5.11 Å². The molecule has 68 valence electrons. The zero-order valence-electron chi connectivity index (χ0n) is 6.77. The summed E-state index contributed by atoms with van der Waals surface area (Å²) in [5, 5.41) is 9.45. The molecule has 1 aromatic heterocycles. The SMILES string of the molecule is O=C(O)c1ncccc1C=CCBr. The summed E-state index contributed by atoms with van der Waals surface area (Å²) in [5.74, 6) is -1.00. The molecule has 0 amide bonds. The highest BCUT2D eigenvalue weighted by Crippen LogP contribution is 2.07. The quantitative estimate of drug-likeness (QED) is 0.826.